The highest BCUT2D eigenvalue weighted by Crippen LogP contribution is 2.35. The van der Waals surface area contributed by atoms with Gasteiger partial charge in [0, 0.05) is 10.9 Å². The van der Waals surface area contributed by atoms with E-state index in [4.69, 9.17) is 14.2 Å². The quantitative estimate of drug-likeness (QED) is 0.331. The minimum Gasteiger partial charge on any atom is -0.496 e. The molecular formula is C28H35BrO3. The number of alkyl halides is 1. The third-order valence-corrected chi connectivity index (χ3v) is 5.91. The van der Waals surface area contributed by atoms with Crippen LogP contribution in [0.3, 0.4) is 0 Å². The Morgan fingerprint density at radius 2 is 0.969 bits per heavy atom. The summed E-state index contributed by atoms with van der Waals surface area (Å²) in [7, 11) is 3.41. The molecule has 32 heavy (non-hydrogen) atoms. The molecule has 0 aliphatic heterocycles. The summed E-state index contributed by atoms with van der Waals surface area (Å²) in [5.41, 5.74) is 9.45. The summed E-state index contributed by atoms with van der Waals surface area (Å²) in [6.45, 7) is 14.5. The average molecular weight is 499 g/mol. The lowest BCUT2D eigenvalue weighted by Crippen LogP contribution is -1.97. The molecule has 0 N–H and O–H groups in total. The van der Waals surface area contributed by atoms with Gasteiger partial charge in [-0.2, -0.15) is 0 Å². The van der Waals surface area contributed by atoms with Gasteiger partial charge in [0.05, 0.1) is 14.2 Å². The van der Waals surface area contributed by atoms with Crippen LogP contribution in [0.2, 0.25) is 0 Å². The predicted octanol–water partition coefficient (Wildman–Crippen LogP) is 8.24. The van der Waals surface area contributed by atoms with Gasteiger partial charge in [-0.05, 0) is 88.4 Å². The standard InChI is InChI=1S/C18H21BrO2.C10H14O/c1-11-6-12(2)17(13(3)7-11)21-16-8-14(4)18(20-5)15(9-16)10-19;1-7-5-8(2)10(11-4)9(3)6-7/h6-9H,10H2,1-5H3;5-6H,1-4H3. The Labute approximate surface area is 201 Å². The first-order chi connectivity index (χ1) is 15.1. The molecule has 0 spiro atoms. The molecule has 0 saturated carbocycles. The van der Waals surface area contributed by atoms with Crippen molar-refractivity contribution in [3.63, 3.8) is 0 Å². The number of aryl methyl sites for hydroxylation is 7. The molecule has 0 fully saturated rings. The van der Waals surface area contributed by atoms with E-state index in [-0.39, 0.29) is 0 Å². The monoisotopic (exact) mass is 498 g/mol. The molecule has 0 amide bonds. The number of benzene rings is 3. The average Bonchev–Trinajstić information content (AvgIpc) is 2.70. The maximum absolute atomic E-state index is 6.14. The van der Waals surface area contributed by atoms with Crippen molar-refractivity contribution < 1.29 is 14.2 Å². The highest BCUT2D eigenvalue weighted by Gasteiger charge is 2.12. The summed E-state index contributed by atoms with van der Waals surface area (Å²) in [6.07, 6.45) is 0. The van der Waals surface area contributed by atoms with Gasteiger partial charge in [-0.3, -0.25) is 0 Å². The van der Waals surface area contributed by atoms with Crippen molar-refractivity contribution in [3.8, 4) is 23.0 Å². The first-order valence-electron chi connectivity index (χ1n) is 10.7. The molecule has 0 radical (unpaired) electrons. The highest BCUT2D eigenvalue weighted by atomic mass is 79.9. The molecule has 3 aromatic rings. The lowest BCUT2D eigenvalue weighted by molar-refractivity contribution is 0.405. The Morgan fingerprint density at radius 3 is 1.38 bits per heavy atom. The Morgan fingerprint density at radius 1 is 0.562 bits per heavy atom. The summed E-state index contributed by atoms with van der Waals surface area (Å²) in [4.78, 5) is 0. The second-order valence-electron chi connectivity index (χ2n) is 8.33. The number of rotatable bonds is 5. The van der Waals surface area contributed by atoms with Gasteiger partial charge in [-0.1, -0.05) is 51.3 Å². The molecule has 3 nitrogen and oxygen atoms in total. The molecule has 0 aromatic heterocycles. The van der Waals surface area contributed by atoms with Crippen LogP contribution in [0.5, 0.6) is 23.0 Å². The summed E-state index contributed by atoms with van der Waals surface area (Å²) in [5.74, 6) is 3.70. The number of methoxy groups -OCH3 is 2. The van der Waals surface area contributed by atoms with Crippen molar-refractivity contribution in [1.29, 1.82) is 0 Å². The van der Waals surface area contributed by atoms with Crippen LogP contribution in [-0.2, 0) is 5.33 Å². The molecule has 0 unspecified atom stereocenters. The zero-order chi connectivity index (χ0) is 24.0. The van der Waals surface area contributed by atoms with Crippen molar-refractivity contribution in [3.05, 3.63) is 80.9 Å². The molecular weight excluding hydrogens is 464 g/mol. The van der Waals surface area contributed by atoms with Crippen LogP contribution in [0, 0.1) is 48.5 Å². The minimum atomic E-state index is 0.736. The first-order valence-corrected chi connectivity index (χ1v) is 11.8. The van der Waals surface area contributed by atoms with E-state index in [9.17, 15) is 0 Å². The normalized spacial score (nSPS) is 10.3. The zero-order valence-corrected chi connectivity index (χ0v) is 22.4. The minimum absolute atomic E-state index is 0.736. The van der Waals surface area contributed by atoms with Crippen molar-refractivity contribution in [2.75, 3.05) is 14.2 Å². The molecule has 3 rings (SSSR count). The van der Waals surface area contributed by atoms with Gasteiger partial charge in [0.25, 0.3) is 0 Å². The molecule has 0 aliphatic rings. The second kappa shape index (κ2) is 11.4. The second-order valence-corrected chi connectivity index (χ2v) is 8.89. The van der Waals surface area contributed by atoms with Crippen LogP contribution in [0.25, 0.3) is 0 Å². The van der Waals surface area contributed by atoms with Gasteiger partial charge in [0.2, 0.25) is 0 Å². The van der Waals surface area contributed by atoms with Crippen LogP contribution in [0.4, 0.5) is 0 Å². The fourth-order valence-corrected chi connectivity index (χ4v) is 4.61. The van der Waals surface area contributed by atoms with Crippen LogP contribution < -0.4 is 14.2 Å². The van der Waals surface area contributed by atoms with Gasteiger partial charge in [-0.15, -0.1) is 0 Å². The molecule has 0 saturated heterocycles. The fraction of sp³-hybridized carbons (Fsp3) is 0.357. The maximum Gasteiger partial charge on any atom is 0.133 e. The predicted molar refractivity (Wildman–Crippen MR) is 138 cm³/mol. The molecule has 0 bridgehead atoms. The lowest BCUT2D eigenvalue weighted by atomic mass is 10.1. The van der Waals surface area contributed by atoms with Crippen molar-refractivity contribution >= 4 is 15.9 Å². The van der Waals surface area contributed by atoms with E-state index in [0.717, 1.165) is 50.6 Å². The first kappa shape index (κ1) is 25.8. The SMILES string of the molecule is COc1c(C)cc(C)cc1C.COc1c(C)cc(Oc2c(C)cc(C)cc2C)cc1CBr. The largest absolute Gasteiger partial charge is 0.496 e. The highest BCUT2D eigenvalue weighted by molar-refractivity contribution is 9.08. The van der Waals surface area contributed by atoms with E-state index in [1.54, 1.807) is 14.2 Å². The summed E-state index contributed by atoms with van der Waals surface area (Å²) < 4.78 is 16.8. The molecule has 0 atom stereocenters. The smallest absolute Gasteiger partial charge is 0.133 e. The van der Waals surface area contributed by atoms with E-state index >= 15 is 0 Å². The van der Waals surface area contributed by atoms with Crippen molar-refractivity contribution in [1.82, 2.24) is 0 Å². The Bertz CT molecular complexity index is 1040. The third kappa shape index (κ3) is 6.29. The van der Waals surface area contributed by atoms with Crippen LogP contribution in [-0.4, -0.2) is 14.2 Å². The van der Waals surface area contributed by atoms with Crippen LogP contribution in [0.1, 0.15) is 44.5 Å². The Kier molecular flexibility index (Phi) is 9.21. The lowest BCUT2D eigenvalue weighted by Gasteiger charge is -2.16. The van der Waals surface area contributed by atoms with Gasteiger partial charge >= 0.3 is 0 Å². The molecule has 3 aromatic carbocycles. The van der Waals surface area contributed by atoms with Gasteiger partial charge in [-0.25, -0.2) is 0 Å². The molecule has 0 heterocycles. The molecule has 0 aliphatic carbocycles. The van der Waals surface area contributed by atoms with E-state index in [1.165, 1.54) is 22.3 Å². The van der Waals surface area contributed by atoms with Crippen molar-refractivity contribution in [2.45, 2.75) is 53.8 Å². The number of halogens is 1. The van der Waals surface area contributed by atoms with E-state index in [2.05, 4.69) is 81.7 Å². The molecule has 4 heteroatoms. The maximum atomic E-state index is 6.14. The summed E-state index contributed by atoms with van der Waals surface area (Å²) >= 11 is 3.51. The van der Waals surface area contributed by atoms with E-state index in [0.29, 0.717) is 0 Å². The number of ether oxygens (including phenoxy) is 3. The van der Waals surface area contributed by atoms with E-state index < -0.39 is 0 Å². The summed E-state index contributed by atoms with van der Waals surface area (Å²) in [6, 6.07) is 12.6. The van der Waals surface area contributed by atoms with Crippen molar-refractivity contribution in [2.24, 2.45) is 0 Å². The van der Waals surface area contributed by atoms with Gasteiger partial charge in [0.1, 0.15) is 23.0 Å². The molecule has 172 valence electrons. The Hall–Kier alpha value is -2.46. The fourth-order valence-electron chi connectivity index (χ4n) is 4.20. The number of hydrogen-bond acceptors (Lipinski definition) is 3. The Balaban J connectivity index is 0.000000278. The van der Waals surface area contributed by atoms with Crippen LogP contribution >= 0.6 is 15.9 Å². The topological polar surface area (TPSA) is 27.7 Å². The van der Waals surface area contributed by atoms with Crippen LogP contribution in [0.15, 0.2) is 36.4 Å². The zero-order valence-electron chi connectivity index (χ0n) is 20.8. The van der Waals surface area contributed by atoms with Gasteiger partial charge in [0.15, 0.2) is 0 Å². The third-order valence-electron chi connectivity index (χ3n) is 5.31. The summed E-state index contributed by atoms with van der Waals surface area (Å²) in [5, 5.41) is 0.736. The van der Waals surface area contributed by atoms with E-state index in [1.807, 2.05) is 19.1 Å². The number of hydrogen-bond donors (Lipinski definition) is 0. The van der Waals surface area contributed by atoms with Gasteiger partial charge < -0.3 is 14.2 Å².